The van der Waals surface area contributed by atoms with Crippen LogP contribution in [0.3, 0.4) is 0 Å². The average molecular weight is 251 g/mol. The van der Waals surface area contributed by atoms with Crippen LogP contribution in [0.15, 0.2) is 22.7 Å². The number of phenols is 1. The lowest BCUT2D eigenvalue weighted by atomic mass is 9.94. The Hall–Kier alpha value is -1.95. The molecule has 18 heavy (non-hydrogen) atoms. The molecule has 1 aromatic carbocycles. The lowest BCUT2D eigenvalue weighted by Gasteiger charge is -2.15. The second-order valence-corrected chi connectivity index (χ2v) is 4.68. The number of aromatic nitrogens is 2. The van der Waals surface area contributed by atoms with Gasteiger partial charge in [0.05, 0.1) is 5.41 Å². The van der Waals surface area contributed by atoms with Crippen molar-refractivity contribution in [3.05, 3.63) is 29.9 Å². The fourth-order valence-corrected chi connectivity index (χ4v) is 1.35. The molecule has 0 spiro atoms. The van der Waals surface area contributed by atoms with E-state index < -0.39 is 17.0 Å². The second kappa shape index (κ2) is 4.38. The third kappa shape index (κ3) is 2.19. The molecular formula is C12H14FN3O2. The van der Waals surface area contributed by atoms with Gasteiger partial charge in [-0.25, -0.2) is 4.39 Å². The highest BCUT2D eigenvalue weighted by Crippen LogP contribution is 2.26. The van der Waals surface area contributed by atoms with Gasteiger partial charge in [0.25, 0.3) is 0 Å². The van der Waals surface area contributed by atoms with Gasteiger partial charge in [-0.05, 0) is 32.0 Å². The summed E-state index contributed by atoms with van der Waals surface area (Å²) in [4.78, 5) is 4.19. The first-order chi connectivity index (χ1) is 8.44. The maximum Gasteiger partial charge on any atom is 0.233 e. The zero-order valence-electron chi connectivity index (χ0n) is 10.1. The molecule has 0 atom stereocenters. The number of hydrogen-bond acceptors (Lipinski definition) is 5. The standard InChI is InChI=1S/C12H14FN3O2/c1-12(2,6-14)11-15-10(16-18-11)7-3-4-9(17)8(13)5-7/h3-5,17H,6,14H2,1-2H3. The van der Waals surface area contributed by atoms with Crippen molar-refractivity contribution in [3.8, 4) is 17.1 Å². The van der Waals surface area contributed by atoms with Gasteiger partial charge < -0.3 is 15.4 Å². The summed E-state index contributed by atoms with van der Waals surface area (Å²) < 4.78 is 18.3. The number of rotatable bonds is 3. The lowest BCUT2D eigenvalue weighted by molar-refractivity contribution is 0.311. The minimum atomic E-state index is -0.725. The molecule has 0 amide bonds. The Morgan fingerprint density at radius 1 is 1.44 bits per heavy atom. The van der Waals surface area contributed by atoms with Crippen LogP contribution in [0.5, 0.6) is 5.75 Å². The number of phenolic OH excluding ortho intramolecular Hbond substituents is 1. The van der Waals surface area contributed by atoms with E-state index in [1.165, 1.54) is 12.1 Å². The Morgan fingerprint density at radius 2 is 2.17 bits per heavy atom. The monoisotopic (exact) mass is 251 g/mol. The molecule has 2 rings (SSSR count). The van der Waals surface area contributed by atoms with E-state index in [0.717, 1.165) is 6.07 Å². The van der Waals surface area contributed by atoms with E-state index in [-0.39, 0.29) is 5.82 Å². The van der Waals surface area contributed by atoms with Crippen molar-refractivity contribution in [3.63, 3.8) is 0 Å². The highest BCUT2D eigenvalue weighted by molar-refractivity contribution is 5.55. The molecule has 0 bridgehead atoms. The van der Waals surface area contributed by atoms with Gasteiger partial charge in [-0.3, -0.25) is 0 Å². The SMILES string of the molecule is CC(C)(CN)c1nc(-c2ccc(O)c(F)c2)no1. The zero-order chi connectivity index (χ0) is 13.3. The molecule has 1 heterocycles. The quantitative estimate of drug-likeness (QED) is 0.869. The summed E-state index contributed by atoms with van der Waals surface area (Å²) in [5.74, 6) is -0.472. The molecule has 0 unspecified atom stereocenters. The topological polar surface area (TPSA) is 85.2 Å². The molecule has 0 aliphatic heterocycles. The van der Waals surface area contributed by atoms with Crippen LogP contribution in [0, 0.1) is 5.82 Å². The van der Waals surface area contributed by atoms with E-state index >= 15 is 0 Å². The van der Waals surface area contributed by atoms with Crippen molar-refractivity contribution in [2.24, 2.45) is 5.73 Å². The Labute approximate surface area is 103 Å². The van der Waals surface area contributed by atoms with Crippen LogP contribution < -0.4 is 5.73 Å². The molecule has 96 valence electrons. The van der Waals surface area contributed by atoms with Gasteiger partial charge in [-0.2, -0.15) is 4.98 Å². The predicted octanol–water partition coefficient (Wildman–Crippen LogP) is 1.82. The fourth-order valence-electron chi connectivity index (χ4n) is 1.35. The van der Waals surface area contributed by atoms with E-state index in [1.807, 2.05) is 13.8 Å². The van der Waals surface area contributed by atoms with Gasteiger partial charge in [-0.15, -0.1) is 0 Å². The number of hydrogen-bond donors (Lipinski definition) is 2. The molecule has 0 saturated carbocycles. The van der Waals surface area contributed by atoms with Gasteiger partial charge in [0.15, 0.2) is 11.6 Å². The maximum atomic E-state index is 13.2. The first-order valence-electron chi connectivity index (χ1n) is 5.47. The van der Waals surface area contributed by atoms with Crippen molar-refractivity contribution in [1.29, 1.82) is 0 Å². The molecule has 0 saturated heterocycles. The average Bonchev–Trinajstić information content (AvgIpc) is 2.83. The maximum absolute atomic E-state index is 13.2. The molecule has 0 aliphatic carbocycles. The third-order valence-corrected chi connectivity index (χ3v) is 2.72. The Morgan fingerprint density at radius 3 is 2.78 bits per heavy atom. The van der Waals surface area contributed by atoms with Crippen LogP contribution >= 0.6 is 0 Å². The molecule has 0 fully saturated rings. The number of nitrogens with zero attached hydrogens (tertiary/aromatic N) is 2. The molecule has 6 heteroatoms. The molecule has 2 aromatic rings. The van der Waals surface area contributed by atoms with E-state index in [0.29, 0.717) is 18.0 Å². The van der Waals surface area contributed by atoms with Crippen LogP contribution in [-0.2, 0) is 5.41 Å². The summed E-state index contributed by atoms with van der Waals surface area (Å²) in [6, 6.07) is 3.91. The van der Waals surface area contributed by atoms with E-state index in [4.69, 9.17) is 15.4 Å². The number of benzene rings is 1. The summed E-state index contributed by atoms with van der Waals surface area (Å²) in [7, 11) is 0. The van der Waals surface area contributed by atoms with Gasteiger partial charge in [0, 0.05) is 12.1 Å². The van der Waals surface area contributed by atoms with Crippen molar-refractivity contribution >= 4 is 0 Å². The van der Waals surface area contributed by atoms with Gasteiger partial charge in [-0.1, -0.05) is 5.16 Å². The fraction of sp³-hybridized carbons (Fsp3) is 0.333. The largest absolute Gasteiger partial charge is 0.505 e. The van der Waals surface area contributed by atoms with E-state index in [2.05, 4.69) is 10.1 Å². The summed E-state index contributed by atoms with van der Waals surface area (Å²) in [6.07, 6.45) is 0. The summed E-state index contributed by atoms with van der Waals surface area (Å²) in [6.45, 7) is 4.11. The van der Waals surface area contributed by atoms with Crippen LogP contribution in [0.25, 0.3) is 11.4 Å². The Kier molecular flexibility index (Phi) is 3.04. The molecule has 0 aliphatic rings. The molecule has 3 N–H and O–H groups in total. The van der Waals surface area contributed by atoms with Crippen molar-refractivity contribution in [2.75, 3.05) is 6.54 Å². The van der Waals surface area contributed by atoms with Crippen molar-refractivity contribution in [1.82, 2.24) is 10.1 Å². The van der Waals surface area contributed by atoms with Crippen LogP contribution in [0.4, 0.5) is 4.39 Å². The van der Waals surface area contributed by atoms with Gasteiger partial charge >= 0.3 is 0 Å². The minimum Gasteiger partial charge on any atom is -0.505 e. The molecule has 5 nitrogen and oxygen atoms in total. The van der Waals surface area contributed by atoms with E-state index in [9.17, 15) is 4.39 Å². The first-order valence-corrected chi connectivity index (χ1v) is 5.47. The number of nitrogens with two attached hydrogens (primary N) is 1. The normalized spacial score (nSPS) is 11.8. The van der Waals surface area contributed by atoms with Crippen LogP contribution in [-0.4, -0.2) is 21.8 Å². The number of halogens is 1. The van der Waals surface area contributed by atoms with Gasteiger partial charge in [0.1, 0.15) is 0 Å². The lowest BCUT2D eigenvalue weighted by Crippen LogP contribution is -2.28. The number of aromatic hydroxyl groups is 1. The third-order valence-electron chi connectivity index (χ3n) is 2.72. The van der Waals surface area contributed by atoms with Crippen LogP contribution in [0.2, 0.25) is 0 Å². The van der Waals surface area contributed by atoms with E-state index in [1.54, 1.807) is 0 Å². The molecule has 1 aromatic heterocycles. The first kappa shape index (κ1) is 12.5. The second-order valence-electron chi connectivity index (χ2n) is 4.68. The predicted molar refractivity (Wildman–Crippen MR) is 63.4 cm³/mol. The molecule has 0 radical (unpaired) electrons. The minimum absolute atomic E-state index is 0.269. The van der Waals surface area contributed by atoms with Crippen molar-refractivity contribution in [2.45, 2.75) is 19.3 Å². The Balaban J connectivity index is 2.38. The zero-order valence-corrected chi connectivity index (χ0v) is 10.1. The smallest absolute Gasteiger partial charge is 0.233 e. The van der Waals surface area contributed by atoms with Crippen LogP contribution in [0.1, 0.15) is 19.7 Å². The summed E-state index contributed by atoms with van der Waals surface area (Å²) >= 11 is 0. The summed E-state index contributed by atoms with van der Waals surface area (Å²) in [5, 5.41) is 12.9. The Bertz CT molecular complexity index is 566. The highest BCUT2D eigenvalue weighted by atomic mass is 19.1. The van der Waals surface area contributed by atoms with Crippen molar-refractivity contribution < 1.29 is 14.0 Å². The van der Waals surface area contributed by atoms with Gasteiger partial charge in [0.2, 0.25) is 11.7 Å². The molecular weight excluding hydrogens is 237 g/mol. The summed E-state index contributed by atoms with van der Waals surface area (Å²) in [5.41, 5.74) is 5.62. The highest BCUT2D eigenvalue weighted by Gasteiger charge is 2.26.